The van der Waals surface area contributed by atoms with Crippen molar-refractivity contribution in [1.29, 1.82) is 0 Å². The third kappa shape index (κ3) is 4.00. The van der Waals surface area contributed by atoms with Crippen LogP contribution in [-0.4, -0.2) is 19.3 Å². The Morgan fingerprint density at radius 2 is 1.55 bits per heavy atom. The maximum atomic E-state index is 6.28. The molecule has 0 aliphatic rings. The second-order valence-electron chi connectivity index (χ2n) is 9.18. The van der Waals surface area contributed by atoms with Gasteiger partial charge in [0.2, 0.25) is 0 Å². The van der Waals surface area contributed by atoms with E-state index < -0.39 is 0 Å². The van der Waals surface area contributed by atoms with E-state index >= 15 is 0 Å². The Labute approximate surface area is 234 Å². The van der Waals surface area contributed by atoms with Crippen LogP contribution in [0.1, 0.15) is 11.1 Å². The Morgan fingerprint density at radius 3 is 2.42 bits per heavy atom. The van der Waals surface area contributed by atoms with Crippen LogP contribution in [-0.2, 0) is 21.1 Å². The predicted octanol–water partition coefficient (Wildman–Crippen LogP) is 7.52. The average Bonchev–Trinajstić information content (AvgIpc) is 3.48. The summed E-state index contributed by atoms with van der Waals surface area (Å²) >= 11 is 0. The van der Waals surface area contributed by atoms with E-state index in [0.717, 1.165) is 44.2 Å². The van der Waals surface area contributed by atoms with E-state index in [-0.39, 0.29) is 21.1 Å². The molecule has 6 heteroatoms. The van der Waals surface area contributed by atoms with Crippen molar-refractivity contribution >= 4 is 32.7 Å². The third-order valence-corrected chi connectivity index (χ3v) is 6.82. The van der Waals surface area contributed by atoms with Gasteiger partial charge in [0.25, 0.3) is 0 Å². The number of nitrogens with zero attached hydrogens (tertiary/aromatic N) is 4. The maximum absolute atomic E-state index is 6.28. The molecule has 0 aliphatic heterocycles. The van der Waals surface area contributed by atoms with Crippen LogP contribution in [0.5, 0.6) is 11.5 Å². The number of rotatable bonds is 4. The van der Waals surface area contributed by atoms with Gasteiger partial charge in [-0.2, -0.15) is 17.2 Å². The van der Waals surface area contributed by atoms with Gasteiger partial charge in [0.05, 0.1) is 11.7 Å². The van der Waals surface area contributed by atoms with Gasteiger partial charge in [-0.1, -0.05) is 29.8 Å². The first-order chi connectivity index (χ1) is 18.2. The van der Waals surface area contributed by atoms with Crippen molar-refractivity contribution < 1.29 is 25.8 Å². The van der Waals surface area contributed by atoms with Crippen LogP contribution in [0.4, 0.5) is 0 Å². The molecule has 0 amide bonds. The Hall–Kier alpha value is -4.21. The smallest absolute Gasteiger partial charge is 0.509 e. The molecule has 0 spiro atoms. The standard InChI is InChI=1S/C32H22N4O.Pt/c1-21-16-23-20-34-36(30(23)17-22(21)2)24-8-7-9-25(18-24)37-26-13-14-28-27-10-3-4-11-29(27)35(31(28)19-26)32-12-5-6-15-33-32;/h3-17,20H,1-2H3;/q-2;+2. The van der Waals surface area contributed by atoms with Gasteiger partial charge in [0.1, 0.15) is 5.82 Å². The third-order valence-electron chi connectivity index (χ3n) is 6.82. The molecule has 186 valence electrons. The van der Waals surface area contributed by atoms with Crippen LogP contribution in [0.25, 0.3) is 44.2 Å². The van der Waals surface area contributed by atoms with Gasteiger partial charge >= 0.3 is 21.1 Å². The summed E-state index contributed by atoms with van der Waals surface area (Å²) in [5.41, 5.74) is 6.34. The number of para-hydroxylation sites is 1. The van der Waals surface area contributed by atoms with Gasteiger partial charge in [-0.3, -0.25) is 4.68 Å². The van der Waals surface area contributed by atoms with Crippen LogP contribution in [0.15, 0.2) is 97.3 Å². The quantitative estimate of drug-likeness (QED) is 0.182. The van der Waals surface area contributed by atoms with Crippen molar-refractivity contribution in [1.82, 2.24) is 19.3 Å². The summed E-state index contributed by atoms with van der Waals surface area (Å²) in [5, 5.41) is 7.96. The van der Waals surface area contributed by atoms with Gasteiger partial charge in [0.15, 0.2) is 0 Å². The van der Waals surface area contributed by atoms with Crippen molar-refractivity contribution in [2.75, 3.05) is 0 Å². The summed E-state index contributed by atoms with van der Waals surface area (Å²) in [6.07, 6.45) is 3.69. The van der Waals surface area contributed by atoms with Crippen molar-refractivity contribution in [3.8, 4) is 23.0 Å². The van der Waals surface area contributed by atoms with E-state index in [1.165, 1.54) is 11.1 Å². The molecule has 7 rings (SSSR count). The molecule has 0 unspecified atom stereocenters. The molecular weight excluding hydrogens is 651 g/mol. The molecular formula is C32H22N4OPt. The molecule has 7 aromatic rings. The molecule has 5 nitrogen and oxygen atoms in total. The molecule has 3 heterocycles. The monoisotopic (exact) mass is 673 g/mol. The molecule has 0 saturated carbocycles. The number of ether oxygens (including phenoxy) is 1. The summed E-state index contributed by atoms with van der Waals surface area (Å²) in [5.74, 6) is 2.05. The molecule has 38 heavy (non-hydrogen) atoms. The van der Waals surface area contributed by atoms with Crippen molar-refractivity contribution in [2.24, 2.45) is 0 Å². The number of aromatic nitrogens is 4. The fourth-order valence-electron chi connectivity index (χ4n) is 4.88. The van der Waals surface area contributed by atoms with E-state index in [4.69, 9.17) is 4.74 Å². The number of aryl methyl sites for hydroxylation is 2. The Bertz CT molecular complexity index is 1940. The zero-order valence-electron chi connectivity index (χ0n) is 20.8. The van der Waals surface area contributed by atoms with Gasteiger partial charge in [-0.05, 0) is 66.4 Å². The predicted molar refractivity (Wildman–Crippen MR) is 147 cm³/mol. The topological polar surface area (TPSA) is 44.9 Å². The first-order valence-electron chi connectivity index (χ1n) is 12.2. The molecule has 0 N–H and O–H groups in total. The molecule has 3 aromatic heterocycles. The number of pyridine rings is 1. The van der Waals surface area contributed by atoms with Crippen molar-refractivity contribution in [3.63, 3.8) is 0 Å². The van der Waals surface area contributed by atoms with Crippen molar-refractivity contribution in [2.45, 2.75) is 13.8 Å². The number of hydrogen-bond donors (Lipinski definition) is 0. The average molecular weight is 674 g/mol. The molecule has 4 aromatic carbocycles. The van der Waals surface area contributed by atoms with Crippen LogP contribution < -0.4 is 4.74 Å². The Kier molecular flexibility index (Phi) is 6.09. The number of hydrogen-bond acceptors (Lipinski definition) is 3. The van der Waals surface area contributed by atoms with Crippen LogP contribution in [0.2, 0.25) is 0 Å². The van der Waals surface area contributed by atoms with E-state index in [2.05, 4.69) is 77.0 Å². The SMILES string of the molecule is Cc1cc2cnn(-c3[c-]c(Oc4[c-]c5c(cc4)c4ccccc4n5-c4ccccn4)ccc3)c2cc1C.[Pt+2]. The molecule has 0 aliphatic carbocycles. The summed E-state index contributed by atoms with van der Waals surface area (Å²) in [7, 11) is 0. The molecule has 0 atom stereocenters. The van der Waals surface area contributed by atoms with Crippen LogP contribution in [0.3, 0.4) is 0 Å². The van der Waals surface area contributed by atoms with Crippen molar-refractivity contribution in [3.05, 3.63) is 121 Å². The minimum absolute atomic E-state index is 0. The summed E-state index contributed by atoms with van der Waals surface area (Å²) in [4.78, 5) is 4.60. The number of fused-ring (bicyclic) bond motifs is 4. The van der Waals surface area contributed by atoms with Gasteiger partial charge < -0.3 is 9.30 Å². The first-order valence-corrected chi connectivity index (χ1v) is 12.2. The summed E-state index contributed by atoms with van der Waals surface area (Å²) in [6, 6.07) is 35.3. The zero-order valence-corrected chi connectivity index (χ0v) is 23.0. The first kappa shape index (κ1) is 24.1. The van der Waals surface area contributed by atoms with Crippen LogP contribution >= 0.6 is 0 Å². The summed E-state index contributed by atoms with van der Waals surface area (Å²) < 4.78 is 10.3. The van der Waals surface area contributed by atoms with Crippen LogP contribution in [0, 0.1) is 26.0 Å². The fourth-order valence-corrected chi connectivity index (χ4v) is 4.88. The molecule has 0 bridgehead atoms. The zero-order chi connectivity index (χ0) is 24.9. The molecule has 0 saturated heterocycles. The summed E-state index contributed by atoms with van der Waals surface area (Å²) in [6.45, 7) is 4.24. The second-order valence-corrected chi connectivity index (χ2v) is 9.18. The second kappa shape index (κ2) is 9.59. The molecule has 0 radical (unpaired) electrons. The van der Waals surface area contributed by atoms with Gasteiger partial charge in [-0.25, -0.2) is 4.98 Å². The van der Waals surface area contributed by atoms with E-state index in [9.17, 15) is 0 Å². The van der Waals surface area contributed by atoms with E-state index in [0.29, 0.717) is 11.5 Å². The minimum Gasteiger partial charge on any atom is -0.509 e. The maximum Gasteiger partial charge on any atom is 2.00 e. The van der Waals surface area contributed by atoms with Gasteiger partial charge in [0, 0.05) is 28.6 Å². The normalized spacial score (nSPS) is 11.2. The fraction of sp³-hybridized carbons (Fsp3) is 0.0625. The Morgan fingerprint density at radius 1 is 0.737 bits per heavy atom. The van der Waals surface area contributed by atoms with E-state index in [1.54, 1.807) is 6.20 Å². The van der Waals surface area contributed by atoms with E-state index in [1.807, 2.05) is 59.4 Å². The Balaban J connectivity index is 0.00000264. The minimum atomic E-state index is 0. The molecule has 0 fully saturated rings. The number of benzene rings is 4. The largest absolute Gasteiger partial charge is 2.00 e. The van der Waals surface area contributed by atoms with Gasteiger partial charge in [-0.15, -0.1) is 35.7 Å².